The summed E-state index contributed by atoms with van der Waals surface area (Å²) in [6, 6.07) is 23.7. The Kier molecular flexibility index (Phi) is 10.8. The van der Waals surface area contributed by atoms with Crippen molar-refractivity contribution in [1.82, 2.24) is 9.88 Å². The topological polar surface area (TPSA) is 110 Å². The largest absolute Gasteiger partial charge is 0.495 e. The highest BCUT2D eigenvalue weighted by Gasteiger charge is 2.15. The smallest absolute Gasteiger partial charge is 0.334 e. The van der Waals surface area contributed by atoms with Gasteiger partial charge in [0.25, 0.3) is 0 Å². The Morgan fingerprint density at radius 3 is 2.34 bits per heavy atom. The molecular formula is C35H36N4O5. The average Bonchev–Trinajstić information content (AvgIpc) is 3.02. The molecule has 0 fully saturated rings. The van der Waals surface area contributed by atoms with Crippen LogP contribution in [0, 0.1) is 6.92 Å². The molecule has 0 saturated carbocycles. The van der Waals surface area contributed by atoms with Crippen LogP contribution in [0.4, 0.5) is 16.2 Å². The van der Waals surface area contributed by atoms with Gasteiger partial charge in [0, 0.05) is 37.2 Å². The van der Waals surface area contributed by atoms with Gasteiger partial charge in [0.2, 0.25) is 5.91 Å². The first kappa shape index (κ1) is 31.5. The van der Waals surface area contributed by atoms with E-state index in [4.69, 9.17) is 9.47 Å². The Morgan fingerprint density at radius 1 is 0.864 bits per heavy atom. The van der Waals surface area contributed by atoms with Crippen LogP contribution in [-0.4, -0.2) is 41.9 Å². The van der Waals surface area contributed by atoms with Crippen LogP contribution in [-0.2, 0) is 33.9 Å². The van der Waals surface area contributed by atoms with Gasteiger partial charge < -0.3 is 25.0 Å². The second kappa shape index (κ2) is 15.2. The molecule has 1 aromatic heterocycles. The van der Waals surface area contributed by atoms with E-state index in [-0.39, 0.29) is 18.9 Å². The molecule has 0 bridgehead atoms. The number of ether oxygens (including phenoxy) is 2. The highest BCUT2D eigenvalue weighted by atomic mass is 16.5. The van der Waals surface area contributed by atoms with Gasteiger partial charge in [-0.2, -0.15) is 0 Å². The van der Waals surface area contributed by atoms with Crippen molar-refractivity contribution in [2.45, 2.75) is 33.4 Å². The van der Waals surface area contributed by atoms with E-state index >= 15 is 0 Å². The van der Waals surface area contributed by atoms with Crippen LogP contribution in [0.3, 0.4) is 0 Å². The number of urea groups is 1. The number of nitrogens with one attached hydrogen (secondary N) is 2. The molecule has 226 valence electrons. The zero-order valence-corrected chi connectivity index (χ0v) is 25.3. The van der Waals surface area contributed by atoms with Crippen LogP contribution in [0.5, 0.6) is 5.75 Å². The molecule has 0 aliphatic rings. The van der Waals surface area contributed by atoms with Gasteiger partial charge in [-0.05, 0) is 72.0 Å². The molecule has 3 aromatic carbocycles. The predicted molar refractivity (Wildman–Crippen MR) is 171 cm³/mol. The third-order valence-electron chi connectivity index (χ3n) is 6.84. The number of para-hydroxylation sites is 1. The normalized spacial score (nSPS) is 11.0. The van der Waals surface area contributed by atoms with Gasteiger partial charge in [-0.15, -0.1) is 0 Å². The molecule has 0 aliphatic heterocycles. The van der Waals surface area contributed by atoms with Crippen LogP contribution < -0.4 is 15.4 Å². The van der Waals surface area contributed by atoms with Gasteiger partial charge in [-0.3, -0.25) is 9.78 Å². The number of pyridine rings is 1. The fraction of sp³-hybridized carbons (Fsp3) is 0.200. The lowest BCUT2D eigenvalue weighted by Gasteiger charge is -2.18. The zero-order chi connectivity index (χ0) is 31.5. The Morgan fingerprint density at radius 2 is 1.59 bits per heavy atom. The van der Waals surface area contributed by atoms with E-state index < -0.39 is 12.0 Å². The number of amides is 3. The maximum Gasteiger partial charge on any atom is 0.334 e. The molecule has 9 heteroatoms. The summed E-state index contributed by atoms with van der Waals surface area (Å²) in [6.45, 7) is 4.14. The van der Waals surface area contributed by atoms with Crippen molar-refractivity contribution in [3.05, 3.63) is 125 Å². The number of nitrogens with zero attached hydrogens (tertiary/aromatic N) is 2. The minimum atomic E-state index is -0.407. The summed E-state index contributed by atoms with van der Waals surface area (Å²) < 4.78 is 10.9. The number of aromatic nitrogens is 1. The number of carbonyl (C=O) groups excluding carboxylic acids is 3. The number of hydrogen-bond donors (Lipinski definition) is 2. The first-order valence-electron chi connectivity index (χ1n) is 14.1. The van der Waals surface area contributed by atoms with Gasteiger partial charge in [0.15, 0.2) is 0 Å². The Bertz CT molecular complexity index is 1650. The number of anilines is 2. The summed E-state index contributed by atoms with van der Waals surface area (Å²) in [4.78, 5) is 44.0. The second-order valence-corrected chi connectivity index (χ2v) is 10.4. The maximum absolute atomic E-state index is 13.1. The third-order valence-corrected chi connectivity index (χ3v) is 6.84. The highest BCUT2D eigenvalue weighted by molar-refractivity contribution is 6.01. The molecule has 3 amide bonds. The number of likely N-dealkylation sites (N-methyl/N-ethyl adjacent to an activating group) is 1. The molecule has 0 aliphatic carbocycles. The van der Waals surface area contributed by atoms with Gasteiger partial charge in [-0.25, -0.2) is 9.59 Å². The van der Waals surface area contributed by atoms with Gasteiger partial charge in [-0.1, -0.05) is 54.6 Å². The fourth-order valence-corrected chi connectivity index (χ4v) is 4.43. The van der Waals surface area contributed by atoms with Gasteiger partial charge >= 0.3 is 12.0 Å². The Labute approximate surface area is 257 Å². The number of methoxy groups -OCH3 is 1. The number of esters is 1. The van der Waals surface area contributed by atoms with E-state index in [0.717, 1.165) is 27.8 Å². The van der Waals surface area contributed by atoms with Crippen LogP contribution in [0.25, 0.3) is 6.08 Å². The molecule has 0 unspecified atom stereocenters. The second-order valence-electron chi connectivity index (χ2n) is 10.4. The number of rotatable bonds is 11. The van der Waals surface area contributed by atoms with Crippen molar-refractivity contribution in [3.63, 3.8) is 0 Å². The lowest BCUT2D eigenvalue weighted by Crippen LogP contribution is -2.27. The predicted octanol–water partition coefficient (Wildman–Crippen LogP) is 6.39. The number of benzene rings is 3. The molecule has 0 saturated heterocycles. The molecule has 4 rings (SSSR count). The Hall–Kier alpha value is -5.44. The first-order chi connectivity index (χ1) is 21.2. The van der Waals surface area contributed by atoms with Gasteiger partial charge in [0.05, 0.1) is 19.2 Å². The standard InChI is InChI=1S/C35H36N4O5/c1-24-10-8-9-13-30(24)37-35(42)38-31-15-14-27(18-32(31)43-4)19-33(40)39(3)22-29-17-28(20-36-21-29)16-25(2)34(41)44-23-26-11-6-5-7-12-26/h5-18,20-21H,19,22-23H2,1-4H3,(H2,37,38,42)/b25-16+. The first-order valence-corrected chi connectivity index (χ1v) is 14.1. The average molecular weight is 593 g/mol. The van der Waals surface area contributed by atoms with Crippen LogP contribution in [0.15, 0.2) is 96.8 Å². The van der Waals surface area contributed by atoms with Crippen molar-refractivity contribution in [3.8, 4) is 5.75 Å². The van der Waals surface area contributed by atoms with E-state index in [0.29, 0.717) is 29.2 Å². The minimum absolute atomic E-state index is 0.105. The Balaban J connectivity index is 1.33. The molecule has 44 heavy (non-hydrogen) atoms. The summed E-state index contributed by atoms with van der Waals surface area (Å²) in [6.07, 6.45) is 5.20. The molecule has 0 spiro atoms. The number of carbonyl (C=O) groups is 3. The summed E-state index contributed by atoms with van der Waals surface area (Å²) >= 11 is 0. The number of aryl methyl sites for hydroxylation is 1. The van der Waals surface area contributed by atoms with E-state index in [1.54, 1.807) is 55.5 Å². The molecule has 4 aromatic rings. The van der Waals surface area contributed by atoms with E-state index in [1.165, 1.54) is 7.11 Å². The molecule has 2 N–H and O–H groups in total. The highest BCUT2D eigenvalue weighted by Crippen LogP contribution is 2.27. The minimum Gasteiger partial charge on any atom is -0.495 e. The van der Waals surface area contributed by atoms with Crippen LogP contribution in [0.1, 0.15) is 34.7 Å². The van der Waals surface area contributed by atoms with Gasteiger partial charge in [0.1, 0.15) is 12.4 Å². The molecule has 1 heterocycles. The summed E-state index contributed by atoms with van der Waals surface area (Å²) in [5.41, 5.74) is 5.79. The van der Waals surface area contributed by atoms with E-state index in [2.05, 4.69) is 15.6 Å². The summed E-state index contributed by atoms with van der Waals surface area (Å²) in [5, 5.41) is 5.63. The molecule has 0 radical (unpaired) electrons. The molecule has 9 nitrogen and oxygen atoms in total. The van der Waals surface area contributed by atoms with E-state index in [1.807, 2.05) is 67.6 Å². The van der Waals surface area contributed by atoms with E-state index in [9.17, 15) is 14.4 Å². The van der Waals surface area contributed by atoms with Crippen molar-refractivity contribution in [2.24, 2.45) is 0 Å². The van der Waals surface area contributed by atoms with Crippen LogP contribution >= 0.6 is 0 Å². The SMILES string of the molecule is COc1cc(CC(=O)N(C)Cc2cncc(/C=C(\C)C(=O)OCc3ccccc3)c2)ccc1NC(=O)Nc1ccccc1C. The lowest BCUT2D eigenvalue weighted by atomic mass is 10.1. The number of hydrogen-bond acceptors (Lipinski definition) is 6. The van der Waals surface area contributed by atoms with Crippen molar-refractivity contribution in [1.29, 1.82) is 0 Å². The fourth-order valence-electron chi connectivity index (χ4n) is 4.43. The van der Waals surface area contributed by atoms with Crippen molar-refractivity contribution >= 4 is 35.4 Å². The molecular weight excluding hydrogens is 556 g/mol. The van der Waals surface area contributed by atoms with Crippen LogP contribution in [0.2, 0.25) is 0 Å². The quantitative estimate of drug-likeness (QED) is 0.154. The third kappa shape index (κ3) is 9.03. The van der Waals surface area contributed by atoms with Crippen molar-refractivity contribution < 1.29 is 23.9 Å². The summed E-state index contributed by atoms with van der Waals surface area (Å²) in [5.74, 6) is -0.0685. The summed E-state index contributed by atoms with van der Waals surface area (Å²) in [7, 11) is 3.23. The lowest BCUT2D eigenvalue weighted by molar-refractivity contribution is -0.140. The zero-order valence-electron chi connectivity index (χ0n) is 25.3. The molecule has 0 atom stereocenters. The van der Waals surface area contributed by atoms with Crippen molar-refractivity contribution in [2.75, 3.05) is 24.8 Å². The monoisotopic (exact) mass is 592 g/mol. The maximum atomic E-state index is 13.1.